The first kappa shape index (κ1) is 13.0. The molecular formula is C14H10N6OS. The highest BCUT2D eigenvalue weighted by Gasteiger charge is 2.19. The largest absolute Gasteiger partial charge is 0.342 e. The van der Waals surface area contributed by atoms with E-state index in [9.17, 15) is 4.79 Å². The molecule has 0 aliphatic heterocycles. The number of aromatic nitrogens is 6. The molecule has 3 heterocycles. The smallest absolute Gasteiger partial charge is 0.258 e. The van der Waals surface area contributed by atoms with Crippen molar-refractivity contribution in [3.63, 3.8) is 0 Å². The standard InChI is InChI=1S/C14H10N6OS/c21-14-7-3-1-2-4-8(7)19-13(20-14)11(22)9-10-12(17-5-15-9)18-6-16-10/h1-6,11,22H,(H,19,20,21)(H,15,16,17,18). The van der Waals surface area contributed by atoms with Crippen LogP contribution in [0.1, 0.15) is 16.8 Å². The first-order chi connectivity index (χ1) is 10.7. The second-order valence-corrected chi connectivity index (χ2v) is 5.25. The molecule has 7 nitrogen and oxygen atoms in total. The molecule has 4 rings (SSSR count). The van der Waals surface area contributed by atoms with E-state index in [4.69, 9.17) is 0 Å². The fourth-order valence-corrected chi connectivity index (χ4v) is 2.67. The Morgan fingerprint density at radius 1 is 1.14 bits per heavy atom. The molecule has 0 amide bonds. The summed E-state index contributed by atoms with van der Waals surface area (Å²) in [5.74, 6) is 0.432. The predicted octanol–water partition coefficient (Wildman–Crippen LogP) is 1.61. The maximum atomic E-state index is 12.2. The Labute approximate surface area is 129 Å². The second-order valence-electron chi connectivity index (χ2n) is 4.73. The number of hydrogen-bond acceptors (Lipinski definition) is 6. The summed E-state index contributed by atoms with van der Waals surface area (Å²) in [4.78, 5) is 34.8. The van der Waals surface area contributed by atoms with Crippen molar-refractivity contribution in [3.8, 4) is 0 Å². The fraction of sp³-hybridized carbons (Fsp3) is 0.0714. The van der Waals surface area contributed by atoms with Gasteiger partial charge in [-0.15, -0.1) is 0 Å². The van der Waals surface area contributed by atoms with Gasteiger partial charge in [-0.25, -0.2) is 19.9 Å². The lowest BCUT2D eigenvalue weighted by molar-refractivity contribution is 0.925. The van der Waals surface area contributed by atoms with E-state index in [1.807, 2.05) is 6.07 Å². The molecule has 108 valence electrons. The molecule has 0 fully saturated rings. The Bertz CT molecular complexity index is 1040. The molecule has 1 atom stereocenters. The van der Waals surface area contributed by atoms with Crippen LogP contribution in [0.3, 0.4) is 0 Å². The van der Waals surface area contributed by atoms with Gasteiger partial charge in [0, 0.05) is 0 Å². The van der Waals surface area contributed by atoms with E-state index in [1.165, 1.54) is 6.33 Å². The Balaban J connectivity index is 1.91. The number of hydrogen-bond donors (Lipinski definition) is 3. The minimum absolute atomic E-state index is 0.199. The van der Waals surface area contributed by atoms with Crippen LogP contribution in [-0.4, -0.2) is 29.9 Å². The molecule has 0 spiro atoms. The summed E-state index contributed by atoms with van der Waals surface area (Å²) in [6.45, 7) is 0. The number of imidazole rings is 1. The maximum absolute atomic E-state index is 12.2. The normalized spacial score (nSPS) is 12.8. The van der Waals surface area contributed by atoms with Crippen molar-refractivity contribution in [1.29, 1.82) is 0 Å². The summed E-state index contributed by atoms with van der Waals surface area (Å²) in [7, 11) is 0. The third-order valence-corrected chi connectivity index (χ3v) is 3.89. The summed E-state index contributed by atoms with van der Waals surface area (Å²) in [5, 5.41) is 0.0458. The number of benzene rings is 1. The Kier molecular flexibility index (Phi) is 2.90. The topological polar surface area (TPSA) is 100 Å². The summed E-state index contributed by atoms with van der Waals surface area (Å²) < 4.78 is 0. The first-order valence-electron chi connectivity index (χ1n) is 6.55. The molecule has 8 heteroatoms. The van der Waals surface area contributed by atoms with Gasteiger partial charge in [-0.2, -0.15) is 12.6 Å². The van der Waals surface area contributed by atoms with Gasteiger partial charge in [0.1, 0.15) is 22.9 Å². The van der Waals surface area contributed by atoms with Crippen molar-refractivity contribution < 1.29 is 0 Å². The first-order valence-corrected chi connectivity index (χ1v) is 7.06. The van der Waals surface area contributed by atoms with Gasteiger partial charge in [0.15, 0.2) is 5.65 Å². The van der Waals surface area contributed by atoms with Crippen LogP contribution in [0.4, 0.5) is 0 Å². The average molecular weight is 310 g/mol. The van der Waals surface area contributed by atoms with Gasteiger partial charge in [-0.3, -0.25) is 4.79 Å². The molecule has 0 aliphatic rings. The van der Waals surface area contributed by atoms with Crippen LogP contribution in [0.5, 0.6) is 0 Å². The molecule has 0 radical (unpaired) electrons. The lowest BCUT2D eigenvalue weighted by Gasteiger charge is -2.10. The number of rotatable bonds is 2. The van der Waals surface area contributed by atoms with E-state index in [2.05, 4.69) is 42.5 Å². The Morgan fingerprint density at radius 3 is 2.91 bits per heavy atom. The number of para-hydroxylation sites is 1. The van der Waals surface area contributed by atoms with Crippen molar-refractivity contribution in [3.05, 3.63) is 58.8 Å². The van der Waals surface area contributed by atoms with Gasteiger partial charge in [-0.1, -0.05) is 12.1 Å². The molecule has 1 aromatic carbocycles. The maximum Gasteiger partial charge on any atom is 0.258 e. The number of fused-ring (bicyclic) bond motifs is 2. The zero-order chi connectivity index (χ0) is 15.1. The number of aromatic amines is 2. The van der Waals surface area contributed by atoms with E-state index < -0.39 is 5.25 Å². The predicted molar refractivity (Wildman–Crippen MR) is 84.9 cm³/mol. The van der Waals surface area contributed by atoms with Crippen molar-refractivity contribution in [2.75, 3.05) is 0 Å². The zero-order valence-electron chi connectivity index (χ0n) is 11.2. The minimum Gasteiger partial charge on any atom is -0.342 e. The van der Waals surface area contributed by atoms with Gasteiger partial charge in [0.2, 0.25) is 0 Å². The van der Waals surface area contributed by atoms with E-state index in [0.29, 0.717) is 33.6 Å². The van der Waals surface area contributed by atoms with Gasteiger partial charge in [0.25, 0.3) is 5.56 Å². The van der Waals surface area contributed by atoms with Crippen molar-refractivity contribution in [2.24, 2.45) is 0 Å². The summed E-state index contributed by atoms with van der Waals surface area (Å²) in [6.07, 6.45) is 2.96. The molecule has 4 aromatic rings. The van der Waals surface area contributed by atoms with Crippen molar-refractivity contribution >= 4 is 34.7 Å². The van der Waals surface area contributed by atoms with Crippen LogP contribution < -0.4 is 5.56 Å². The third-order valence-electron chi connectivity index (χ3n) is 3.40. The molecule has 22 heavy (non-hydrogen) atoms. The quantitative estimate of drug-likeness (QED) is 0.488. The van der Waals surface area contributed by atoms with Crippen LogP contribution in [0, 0.1) is 0 Å². The number of nitrogens with zero attached hydrogens (tertiary/aromatic N) is 4. The van der Waals surface area contributed by atoms with Crippen LogP contribution in [0.15, 0.2) is 41.7 Å². The Morgan fingerprint density at radius 2 is 2.00 bits per heavy atom. The molecule has 0 aliphatic carbocycles. The van der Waals surface area contributed by atoms with Gasteiger partial charge in [-0.05, 0) is 12.1 Å². The number of thiol groups is 1. The van der Waals surface area contributed by atoms with Crippen LogP contribution in [0.2, 0.25) is 0 Å². The second kappa shape index (κ2) is 4.92. The highest BCUT2D eigenvalue weighted by Crippen LogP contribution is 2.27. The zero-order valence-corrected chi connectivity index (χ0v) is 12.1. The summed E-state index contributed by atoms with van der Waals surface area (Å²) in [5.41, 5.74) is 2.26. The van der Waals surface area contributed by atoms with Crippen LogP contribution in [0.25, 0.3) is 22.1 Å². The summed E-state index contributed by atoms with van der Waals surface area (Å²) in [6, 6.07) is 7.16. The van der Waals surface area contributed by atoms with Crippen molar-refractivity contribution in [2.45, 2.75) is 5.25 Å². The minimum atomic E-state index is -0.497. The molecule has 0 saturated heterocycles. The van der Waals surface area contributed by atoms with Gasteiger partial charge < -0.3 is 9.97 Å². The van der Waals surface area contributed by atoms with Crippen LogP contribution in [-0.2, 0) is 0 Å². The summed E-state index contributed by atoms with van der Waals surface area (Å²) >= 11 is 4.56. The van der Waals surface area contributed by atoms with Gasteiger partial charge in [0.05, 0.1) is 22.9 Å². The molecule has 1 unspecified atom stereocenters. The SMILES string of the molecule is O=c1[nH]c(C(S)c2ncnc3nc[nH]c23)nc2ccccc12. The van der Waals surface area contributed by atoms with Gasteiger partial charge >= 0.3 is 0 Å². The fourth-order valence-electron chi connectivity index (χ4n) is 2.35. The average Bonchev–Trinajstić information content (AvgIpc) is 3.02. The highest BCUT2D eigenvalue weighted by molar-refractivity contribution is 7.80. The third kappa shape index (κ3) is 1.96. The molecule has 0 bridgehead atoms. The highest BCUT2D eigenvalue weighted by atomic mass is 32.1. The van der Waals surface area contributed by atoms with E-state index in [-0.39, 0.29) is 5.56 Å². The lowest BCUT2D eigenvalue weighted by atomic mass is 10.2. The number of H-pyrrole nitrogens is 2. The van der Waals surface area contributed by atoms with Crippen LogP contribution >= 0.6 is 12.6 Å². The van der Waals surface area contributed by atoms with Crippen molar-refractivity contribution in [1.82, 2.24) is 29.9 Å². The monoisotopic (exact) mass is 310 g/mol. The van der Waals surface area contributed by atoms with E-state index in [1.54, 1.807) is 24.5 Å². The lowest BCUT2D eigenvalue weighted by Crippen LogP contribution is -2.14. The molecular weight excluding hydrogens is 300 g/mol. The van der Waals surface area contributed by atoms with E-state index >= 15 is 0 Å². The number of nitrogens with one attached hydrogen (secondary N) is 2. The Hall–Kier alpha value is -2.74. The molecule has 0 saturated carbocycles. The van der Waals surface area contributed by atoms with E-state index in [0.717, 1.165) is 0 Å². The molecule has 2 N–H and O–H groups in total. The molecule has 3 aromatic heterocycles.